The number of primary amides is 1. The molecule has 4 aromatic rings. The van der Waals surface area contributed by atoms with Crippen LogP contribution in [0.15, 0.2) is 48.7 Å². The Morgan fingerprint density at radius 3 is 2.68 bits per heavy atom. The van der Waals surface area contributed by atoms with Crippen LogP contribution in [0.1, 0.15) is 15.9 Å². The number of methoxy groups -OCH3 is 2. The average Bonchev–Trinajstić information content (AvgIpc) is 3.24. The Hall–Kier alpha value is -4.18. The molecule has 34 heavy (non-hydrogen) atoms. The van der Waals surface area contributed by atoms with Gasteiger partial charge in [-0.05, 0) is 36.8 Å². The number of aromatic nitrogens is 3. The second-order valence-corrected chi connectivity index (χ2v) is 7.49. The van der Waals surface area contributed by atoms with Crippen LogP contribution in [0.5, 0.6) is 17.4 Å². The van der Waals surface area contributed by atoms with Gasteiger partial charge in [0.15, 0.2) is 17.2 Å². The van der Waals surface area contributed by atoms with E-state index < -0.39 is 11.7 Å². The molecular formula is C24H24FN5O4. The molecule has 0 unspecified atom stereocenters. The fourth-order valence-electron chi connectivity index (χ4n) is 3.51. The number of hydrogen-bond acceptors (Lipinski definition) is 7. The number of benzene rings is 2. The lowest BCUT2D eigenvalue weighted by molar-refractivity contribution is 0.0999. The van der Waals surface area contributed by atoms with Gasteiger partial charge in [-0.25, -0.2) is 13.9 Å². The molecule has 10 heteroatoms. The molecular weight excluding hydrogens is 441 g/mol. The summed E-state index contributed by atoms with van der Waals surface area (Å²) >= 11 is 0. The zero-order chi connectivity index (χ0) is 24.2. The van der Waals surface area contributed by atoms with Crippen LogP contribution in [0.25, 0.3) is 16.9 Å². The number of aryl methyl sites for hydroxylation is 1. The van der Waals surface area contributed by atoms with Crippen LogP contribution in [-0.4, -0.2) is 47.9 Å². The van der Waals surface area contributed by atoms with Crippen LogP contribution in [0, 0.1) is 12.7 Å². The van der Waals surface area contributed by atoms with Crippen molar-refractivity contribution in [2.24, 2.45) is 5.73 Å². The SMILES string of the molecule is COCCNc1cc(Oc2ccc(OC)cc2F)nn2c(-c3ccc(C(N)=O)c(C)c3)cnc12. The van der Waals surface area contributed by atoms with Gasteiger partial charge in [-0.3, -0.25) is 4.79 Å². The van der Waals surface area contributed by atoms with E-state index in [-0.39, 0.29) is 11.6 Å². The van der Waals surface area contributed by atoms with Crippen molar-refractivity contribution in [1.29, 1.82) is 0 Å². The number of nitrogens with two attached hydrogens (primary N) is 1. The fourth-order valence-corrected chi connectivity index (χ4v) is 3.51. The van der Waals surface area contributed by atoms with Gasteiger partial charge < -0.3 is 25.3 Å². The van der Waals surface area contributed by atoms with Gasteiger partial charge in [0, 0.05) is 36.9 Å². The number of rotatable bonds is 9. The van der Waals surface area contributed by atoms with E-state index in [1.165, 1.54) is 19.2 Å². The summed E-state index contributed by atoms with van der Waals surface area (Å²) in [6.07, 6.45) is 1.67. The molecule has 3 N–H and O–H groups in total. The van der Waals surface area contributed by atoms with Crippen molar-refractivity contribution in [3.8, 4) is 28.6 Å². The first kappa shape index (κ1) is 23.0. The average molecular weight is 465 g/mol. The number of halogens is 1. The Kier molecular flexibility index (Phi) is 6.60. The van der Waals surface area contributed by atoms with E-state index in [4.69, 9.17) is 19.9 Å². The van der Waals surface area contributed by atoms with Crippen LogP contribution in [-0.2, 0) is 4.74 Å². The molecule has 0 spiro atoms. The van der Waals surface area contributed by atoms with Crippen LogP contribution in [0.2, 0.25) is 0 Å². The van der Waals surface area contributed by atoms with Gasteiger partial charge in [-0.1, -0.05) is 6.07 Å². The minimum Gasteiger partial charge on any atom is -0.497 e. The number of anilines is 1. The topological polar surface area (TPSA) is 113 Å². The second kappa shape index (κ2) is 9.75. The third-order valence-corrected chi connectivity index (χ3v) is 5.21. The molecule has 1 amide bonds. The van der Waals surface area contributed by atoms with E-state index in [9.17, 15) is 9.18 Å². The number of amides is 1. The van der Waals surface area contributed by atoms with Crippen molar-refractivity contribution in [2.45, 2.75) is 6.92 Å². The van der Waals surface area contributed by atoms with E-state index in [0.717, 1.165) is 11.1 Å². The monoisotopic (exact) mass is 465 g/mol. The molecule has 0 bridgehead atoms. The van der Waals surface area contributed by atoms with Crippen molar-refractivity contribution >= 4 is 17.2 Å². The summed E-state index contributed by atoms with van der Waals surface area (Å²) in [4.78, 5) is 16.1. The summed E-state index contributed by atoms with van der Waals surface area (Å²) in [5.74, 6) is -0.553. The summed E-state index contributed by atoms with van der Waals surface area (Å²) in [6.45, 7) is 2.79. The molecule has 2 heterocycles. The molecule has 0 aliphatic carbocycles. The zero-order valence-corrected chi connectivity index (χ0v) is 19.0. The van der Waals surface area contributed by atoms with Crippen molar-refractivity contribution in [3.05, 3.63) is 65.6 Å². The lowest BCUT2D eigenvalue weighted by atomic mass is 10.0. The van der Waals surface area contributed by atoms with Crippen molar-refractivity contribution in [2.75, 3.05) is 32.7 Å². The largest absolute Gasteiger partial charge is 0.497 e. The molecule has 4 rings (SSSR count). The molecule has 0 fully saturated rings. The smallest absolute Gasteiger partial charge is 0.248 e. The van der Waals surface area contributed by atoms with Crippen molar-refractivity contribution in [1.82, 2.24) is 14.6 Å². The van der Waals surface area contributed by atoms with Crippen molar-refractivity contribution in [3.63, 3.8) is 0 Å². The van der Waals surface area contributed by atoms with Gasteiger partial charge in [0.2, 0.25) is 11.8 Å². The second-order valence-electron chi connectivity index (χ2n) is 7.49. The summed E-state index contributed by atoms with van der Waals surface area (Å²) in [7, 11) is 3.07. The first-order valence-electron chi connectivity index (χ1n) is 10.4. The summed E-state index contributed by atoms with van der Waals surface area (Å²) < 4.78 is 32.0. The highest BCUT2D eigenvalue weighted by atomic mass is 19.1. The minimum absolute atomic E-state index is 0.00110. The van der Waals surface area contributed by atoms with Crippen LogP contribution >= 0.6 is 0 Å². The fraction of sp³-hybridized carbons (Fsp3) is 0.208. The number of carbonyl (C=O) groups is 1. The van der Waals surface area contributed by atoms with Gasteiger partial charge in [-0.15, -0.1) is 5.10 Å². The zero-order valence-electron chi connectivity index (χ0n) is 19.0. The van der Waals surface area contributed by atoms with Crippen molar-refractivity contribution < 1.29 is 23.4 Å². The Morgan fingerprint density at radius 1 is 1.18 bits per heavy atom. The minimum atomic E-state index is -0.585. The first-order valence-corrected chi connectivity index (χ1v) is 10.4. The maximum Gasteiger partial charge on any atom is 0.248 e. The van der Waals surface area contributed by atoms with Gasteiger partial charge in [0.1, 0.15) is 5.75 Å². The highest BCUT2D eigenvalue weighted by Gasteiger charge is 2.16. The molecule has 176 valence electrons. The number of imidazole rings is 1. The van der Waals surface area contributed by atoms with E-state index in [0.29, 0.717) is 41.5 Å². The standard InChI is InChI=1S/C24H24FN5O4/c1-14-10-15(4-6-17(14)23(26)31)20-13-28-24-19(27-8-9-32-2)12-22(29-30(20)24)34-21-7-5-16(33-3)11-18(21)25/h4-7,10-13,27H,8-9H2,1-3H3,(H2,26,31). The summed E-state index contributed by atoms with van der Waals surface area (Å²) in [5, 5.41) is 7.78. The molecule has 0 aliphatic rings. The summed E-state index contributed by atoms with van der Waals surface area (Å²) in [5.41, 5.74) is 9.21. The first-order chi connectivity index (χ1) is 16.4. The molecule has 0 saturated carbocycles. The molecule has 0 atom stereocenters. The number of nitrogens with zero attached hydrogens (tertiary/aromatic N) is 3. The lowest BCUT2D eigenvalue weighted by Gasteiger charge is -2.12. The molecule has 0 radical (unpaired) electrons. The van der Waals surface area contributed by atoms with E-state index in [1.807, 2.05) is 6.07 Å². The van der Waals surface area contributed by atoms with Gasteiger partial charge >= 0.3 is 0 Å². The Morgan fingerprint density at radius 2 is 2.00 bits per heavy atom. The van der Waals surface area contributed by atoms with Crippen LogP contribution in [0.3, 0.4) is 0 Å². The van der Waals surface area contributed by atoms with E-state index >= 15 is 0 Å². The number of ether oxygens (including phenoxy) is 3. The Balaban J connectivity index is 1.79. The maximum atomic E-state index is 14.5. The van der Waals surface area contributed by atoms with Gasteiger partial charge in [0.05, 0.1) is 31.3 Å². The highest BCUT2D eigenvalue weighted by Crippen LogP contribution is 2.31. The normalized spacial score (nSPS) is 10.9. The molecule has 0 saturated heterocycles. The van der Waals surface area contributed by atoms with E-state index in [1.54, 1.807) is 49.0 Å². The molecule has 9 nitrogen and oxygen atoms in total. The number of fused-ring (bicyclic) bond motifs is 1. The highest BCUT2D eigenvalue weighted by molar-refractivity contribution is 5.94. The Bertz CT molecular complexity index is 1350. The third-order valence-electron chi connectivity index (χ3n) is 5.21. The summed E-state index contributed by atoms with van der Waals surface area (Å²) in [6, 6.07) is 11.2. The number of carbonyl (C=O) groups excluding carboxylic acids is 1. The third kappa shape index (κ3) is 4.62. The molecule has 0 aliphatic heterocycles. The van der Waals surface area contributed by atoms with Crippen LogP contribution < -0.4 is 20.5 Å². The van der Waals surface area contributed by atoms with Gasteiger partial charge in [-0.2, -0.15) is 0 Å². The predicted molar refractivity (Wildman–Crippen MR) is 125 cm³/mol. The molecule has 2 aromatic carbocycles. The lowest BCUT2D eigenvalue weighted by Crippen LogP contribution is -2.12. The van der Waals surface area contributed by atoms with Gasteiger partial charge in [0.25, 0.3) is 0 Å². The molecule has 2 aromatic heterocycles. The quantitative estimate of drug-likeness (QED) is 0.362. The number of hydrogen-bond donors (Lipinski definition) is 2. The maximum absolute atomic E-state index is 14.5. The Labute approximate surface area is 195 Å². The number of nitrogens with one attached hydrogen (secondary N) is 1. The predicted octanol–water partition coefficient (Wildman–Crippen LogP) is 3.80. The van der Waals surface area contributed by atoms with Crippen LogP contribution in [0.4, 0.5) is 10.1 Å². The van der Waals surface area contributed by atoms with E-state index in [2.05, 4.69) is 15.4 Å².